The molecule has 0 aliphatic rings. The highest BCUT2D eigenvalue weighted by atomic mass is 16.2. The van der Waals surface area contributed by atoms with Gasteiger partial charge in [0.25, 0.3) is 11.8 Å². The highest BCUT2D eigenvalue weighted by Gasteiger charge is 2.09. The smallest absolute Gasteiger partial charge is 0.252 e. The van der Waals surface area contributed by atoms with Crippen molar-refractivity contribution in [3.05, 3.63) is 47.8 Å². The molecule has 0 aliphatic heterocycles. The molecule has 0 aromatic carbocycles. The molecule has 24 heavy (non-hydrogen) atoms. The van der Waals surface area contributed by atoms with E-state index in [4.69, 9.17) is 0 Å². The predicted molar refractivity (Wildman–Crippen MR) is 92.7 cm³/mol. The first kappa shape index (κ1) is 17.6. The summed E-state index contributed by atoms with van der Waals surface area (Å²) in [6.07, 6.45) is 4.84. The van der Waals surface area contributed by atoms with Crippen molar-refractivity contribution in [1.82, 2.24) is 20.6 Å². The Morgan fingerprint density at radius 1 is 0.792 bits per heavy atom. The average molecular weight is 326 g/mol. The van der Waals surface area contributed by atoms with Crippen LogP contribution in [0.1, 0.15) is 47.4 Å². The molecule has 2 heterocycles. The molecule has 0 aliphatic carbocycles. The van der Waals surface area contributed by atoms with E-state index >= 15 is 0 Å². The summed E-state index contributed by atoms with van der Waals surface area (Å²) in [5.41, 5.74) is 2.34. The van der Waals surface area contributed by atoms with E-state index in [0.29, 0.717) is 35.6 Å². The SMILES string of the molecule is CCCNC(=O)c1ccc(-c2ccc(C(=O)NCCC)cn2)nc1. The minimum absolute atomic E-state index is 0.133. The van der Waals surface area contributed by atoms with Gasteiger partial charge in [-0.3, -0.25) is 19.6 Å². The lowest BCUT2D eigenvalue weighted by Crippen LogP contribution is -2.24. The first-order valence-corrected chi connectivity index (χ1v) is 8.14. The molecule has 0 atom stereocenters. The third-order valence-corrected chi connectivity index (χ3v) is 3.38. The highest BCUT2D eigenvalue weighted by molar-refractivity contribution is 5.94. The third-order valence-electron chi connectivity index (χ3n) is 3.38. The number of amides is 2. The Labute approximate surface area is 141 Å². The van der Waals surface area contributed by atoms with E-state index in [9.17, 15) is 9.59 Å². The summed E-state index contributed by atoms with van der Waals surface area (Å²) in [6.45, 7) is 5.28. The monoisotopic (exact) mass is 326 g/mol. The fraction of sp³-hybridized carbons (Fsp3) is 0.333. The summed E-state index contributed by atoms with van der Waals surface area (Å²) < 4.78 is 0. The summed E-state index contributed by atoms with van der Waals surface area (Å²) in [6, 6.07) is 6.94. The lowest BCUT2D eigenvalue weighted by Gasteiger charge is -2.06. The highest BCUT2D eigenvalue weighted by Crippen LogP contribution is 2.15. The molecule has 126 valence electrons. The second kappa shape index (κ2) is 8.76. The number of nitrogens with one attached hydrogen (secondary N) is 2. The van der Waals surface area contributed by atoms with Gasteiger partial charge in [0, 0.05) is 25.5 Å². The number of hydrogen-bond donors (Lipinski definition) is 2. The quantitative estimate of drug-likeness (QED) is 0.818. The zero-order valence-corrected chi connectivity index (χ0v) is 14.0. The molecular weight excluding hydrogens is 304 g/mol. The van der Waals surface area contributed by atoms with Gasteiger partial charge in [-0.15, -0.1) is 0 Å². The molecule has 2 rings (SSSR count). The molecule has 0 spiro atoms. The van der Waals surface area contributed by atoms with Crippen molar-refractivity contribution in [1.29, 1.82) is 0 Å². The summed E-state index contributed by atoms with van der Waals surface area (Å²) in [5.74, 6) is -0.265. The van der Waals surface area contributed by atoms with Crippen molar-refractivity contribution in [3.8, 4) is 11.4 Å². The van der Waals surface area contributed by atoms with Gasteiger partial charge in [0.15, 0.2) is 0 Å². The van der Waals surface area contributed by atoms with E-state index in [2.05, 4.69) is 20.6 Å². The molecule has 0 fully saturated rings. The molecular formula is C18H22N4O2. The maximum absolute atomic E-state index is 11.8. The fourth-order valence-electron chi connectivity index (χ4n) is 2.04. The Kier molecular flexibility index (Phi) is 6.42. The molecule has 0 bridgehead atoms. The van der Waals surface area contributed by atoms with E-state index in [1.165, 1.54) is 12.4 Å². The summed E-state index contributed by atoms with van der Waals surface area (Å²) in [4.78, 5) is 32.2. The largest absolute Gasteiger partial charge is 0.352 e. The van der Waals surface area contributed by atoms with Crippen LogP contribution < -0.4 is 10.6 Å². The first-order chi connectivity index (χ1) is 11.7. The van der Waals surface area contributed by atoms with Crippen LogP contribution in [0, 0.1) is 0 Å². The van der Waals surface area contributed by atoms with Gasteiger partial charge in [0.05, 0.1) is 22.5 Å². The molecule has 0 unspecified atom stereocenters. The molecule has 2 N–H and O–H groups in total. The maximum atomic E-state index is 11.8. The zero-order chi connectivity index (χ0) is 17.4. The Morgan fingerprint density at radius 2 is 1.21 bits per heavy atom. The van der Waals surface area contributed by atoms with Crippen LogP contribution in [0.15, 0.2) is 36.7 Å². The minimum Gasteiger partial charge on any atom is -0.352 e. The maximum Gasteiger partial charge on any atom is 0.252 e. The zero-order valence-electron chi connectivity index (χ0n) is 14.0. The van der Waals surface area contributed by atoms with Gasteiger partial charge in [-0.05, 0) is 37.1 Å². The van der Waals surface area contributed by atoms with Crippen molar-refractivity contribution in [2.45, 2.75) is 26.7 Å². The lowest BCUT2D eigenvalue weighted by atomic mass is 10.1. The van der Waals surface area contributed by atoms with Crippen LogP contribution in [0.25, 0.3) is 11.4 Å². The van der Waals surface area contributed by atoms with Crippen LogP contribution in [0.4, 0.5) is 0 Å². The topological polar surface area (TPSA) is 84.0 Å². The van der Waals surface area contributed by atoms with Crippen LogP contribution in [0.2, 0.25) is 0 Å². The number of pyridine rings is 2. The van der Waals surface area contributed by atoms with Gasteiger partial charge in [-0.2, -0.15) is 0 Å². The van der Waals surface area contributed by atoms with Crippen LogP contribution in [-0.4, -0.2) is 34.9 Å². The molecule has 0 radical (unpaired) electrons. The molecule has 6 heteroatoms. The Bertz CT molecular complexity index is 620. The van der Waals surface area contributed by atoms with E-state index in [0.717, 1.165) is 12.8 Å². The number of carbonyl (C=O) groups excluding carboxylic acids is 2. The second-order valence-electron chi connectivity index (χ2n) is 5.38. The van der Waals surface area contributed by atoms with Gasteiger partial charge in [0.2, 0.25) is 0 Å². The number of carbonyl (C=O) groups is 2. The lowest BCUT2D eigenvalue weighted by molar-refractivity contribution is 0.0945. The molecule has 6 nitrogen and oxygen atoms in total. The van der Waals surface area contributed by atoms with Gasteiger partial charge in [-0.1, -0.05) is 13.8 Å². The van der Waals surface area contributed by atoms with E-state index in [1.54, 1.807) is 24.3 Å². The predicted octanol–water partition coefficient (Wildman–Crippen LogP) is 2.42. The van der Waals surface area contributed by atoms with Crippen molar-refractivity contribution in [3.63, 3.8) is 0 Å². The van der Waals surface area contributed by atoms with Crippen LogP contribution >= 0.6 is 0 Å². The number of nitrogens with zero attached hydrogens (tertiary/aromatic N) is 2. The molecule has 2 aromatic rings. The third kappa shape index (κ3) is 4.62. The molecule has 0 saturated heterocycles. The fourth-order valence-corrected chi connectivity index (χ4v) is 2.04. The normalized spacial score (nSPS) is 10.2. The van der Waals surface area contributed by atoms with Crippen molar-refractivity contribution in [2.24, 2.45) is 0 Å². The second-order valence-corrected chi connectivity index (χ2v) is 5.38. The van der Waals surface area contributed by atoms with Crippen molar-refractivity contribution >= 4 is 11.8 Å². The number of rotatable bonds is 7. The number of aromatic nitrogens is 2. The Hall–Kier alpha value is -2.76. The molecule has 0 saturated carbocycles. The van der Waals surface area contributed by atoms with E-state index in [1.807, 2.05) is 13.8 Å². The van der Waals surface area contributed by atoms with Crippen molar-refractivity contribution < 1.29 is 9.59 Å². The van der Waals surface area contributed by atoms with Crippen LogP contribution in [-0.2, 0) is 0 Å². The summed E-state index contributed by atoms with van der Waals surface area (Å²) in [7, 11) is 0. The Morgan fingerprint density at radius 3 is 1.50 bits per heavy atom. The van der Waals surface area contributed by atoms with Crippen LogP contribution in [0.3, 0.4) is 0 Å². The summed E-state index contributed by atoms with van der Waals surface area (Å²) in [5, 5.41) is 5.61. The van der Waals surface area contributed by atoms with Crippen molar-refractivity contribution in [2.75, 3.05) is 13.1 Å². The van der Waals surface area contributed by atoms with Gasteiger partial charge in [-0.25, -0.2) is 0 Å². The Balaban J connectivity index is 2.06. The van der Waals surface area contributed by atoms with Gasteiger partial charge < -0.3 is 10.6 Å². The summed E-state index contributed by atoms with van der Waals surface area (Å²) >= 11 is 0. The molecule has 2 amide bonds. The van der Waals surface area contributed by atoms with E-state index < -0.39 is 0 Å². The van der Waals surface area contributed by atoms with E-state index in [-0.39, 0.29) is 11.8 Å². The number of hydrogen-bond acceptors (Lipinski definition) is 4. The average Bonchev–Trinajstić information content (AvgIpc) is 2.64. The van der Waals surface area contributed by atoms with Gasteiger partial charge >= 0.3 is 0 Å². The standard InChI is InChI=1S/C18H22N4O2/c1-3-9-19-17(23)13-5-7-15(21-11-13)16-8-6-14(12-22-16)18(24)20-10-4-2/h5-8,11-12H,3-4,9-10H2,1-2H3,(H,19,23)(H,20,24). The molecule has 2 aromatic heterocycles. The first-order valence-electron chi connectivity index (χ1n) is 8.14. The minimum atomic E-state index is -0.133. The van der Waals surface area contributed by atoms with Crippen LogP contribution in [0.5, 0.6) is 0 Å². The van der Waals surface area contributed by atoms with Gasteiger partial charge in [0.1, 0.15) is 0 Å².